The zero-order valence-corrected chi connectivity index (χ0v) is 10.9. The SMILES string of the molecule is Cc1cc(C)c2n[c]n(-c3cccc(Cl)c3)c2n1. The second kappa shape index (κ2) is 4.10. The number of aromatic nitrogens is 3. The van der Waals surface area contributed by atoms with Gasteiger partial charge in [0.2, 0.25) is 0 Å². The van der Waals surface area contributed by atoms with Gasteiger partial charge in [0, 0.05) is 10.7 Å². The van der Waals surface area contributed by atoms with Crippen molar-refractivity contribution in [3.8, 4) is 5.69 Å². The molecule has 0 saturated heterocycles. The van der Waals surface area contributed by atoms with Gasteiger partial charge in [-0.05, 0) is 43.7 Å². The Labute approximate surface area is 110 Å². The standard InChI is InChI=1S/C14H11ClN3/c1-9-6-10(2)17-14-13(9)16-8-18(14)12-5-3-4-11(15)7-12/h3-7H,1-2H3. The Morgan fingerprint density at radius 1 is 1.22 bits per heavy atom. The molecule has 0 aliphatic rings. The van der Waals surface area contributed by atoms with Crippen LogP contribution in [0.1, 0.15) is 11.3 Å². The molecular formula is C14H11ClN3. The summed E-state index contributed by atoms with van der Waals surface area (Å²) in [7, 11) is 0. The second-order valence-corrected chi connectivity index (χ2v) is 4.72. The van der Waals surface area contributed by atoms with E-state index in [1.54, 1.807) is 0 Å². The summed E-state index contributed by atoms with van der Waals surface area (Å²) < 4.78 is 1.83. The van der Waals surface area contributed by atoms with Crippen LogP contribution < -0.4 is 0 Å². The van der Waals surface area contributed by atoms with E-state index in [9.17, 15) is 0 Å². The van der Waals surface area contributed by atoms with E-state index < -0.39 is 0 Å². The molecule has 0 bridgehead atoms. The molecule has 3 rings (SSSR count). The maximum absolute atomic E-state index is 6.01. The van der Waals surface area contributed by atoms with E-state index in [1.807, 2.05) is 48.7 Å². The van der Waals surface area contributed by atoms with Gasteiger partial charge in [0.25, 0.3) is 0 Å². The molecular weight excluding hydrogens is 246 g/mol. The summed E-state index contributed by atoms with van der Waals surface area (Å²) in [5, 5.41) is 0.687. The predicted molar refractivity (Wildman–Crippen MR) is 72.2 cm³/mol. The number of pyridine rings is 1. The molecule has 2 aromatic heterocycles. The smallest absolute Gasteiger partial charge is 0.183 e. The minimum absolute atomic E-state index is 0.687. The lowest BCUT2D eigenvalue weighted by Crippen LogP contribution is -1.95. The van der Waals surface area contributed by atoms with Gasteiger partial charge in [-0.2, -0.15) is 0 Å². The first-order valence-electron chi connectivity index (χ1n) is 5.65. The van der Waals surface area contributed by atoms with Gasteiger partial charge in [0.15, 0.2) is 12.0 Å². The van der Waals surface area contributed by atoms with E-state index in [4.69, 9.17) is 11.6 Å². The van der Waals surface area contributed by atoms with Crippen molar-refractivity contribution in [3.63, 3.8) is 0 Å². The number of aryl methyl sites for hydroxylation is 2. The molecule has 0 aliphatic carbocycles. The number of benzene rings is 1. The first-order valence-corrected chi connectivity index (χ1v) is 6.03. The Morgan fingerprint density at radius 3 is 2.83 bits per heavy atom. The van der Waals surface area contributed by atoms with Crippen molar-refractivity contribution in [2.24, 2.45) is 0 Å². The van der Waals surface area contributed by atoms with Crippen LogP contribution in [0.2, 0.25) is 5.02 Å². The molecule has 0 spiro atoms. The highest BCUT2D eigenvalue weighted by molar-refractivity contribution is 6.30. The maximum atomic E-state index is 6.01. The summed E-state index contributed by atoms with van der Waals surface area (Å²) in [5.74, 6) is 0. The number of halogens is 1. The van der Waals surface area contributed by atoms with Crippen molar-refractivity contribution < 1.29 is 0 Å². The number of hydrogen-bond donors (Lipinski definition) is 0. The lowest BCUT2D eigenvalue weighted by Gasteiger charge is -2.04. The van der Waals surface area contributed by atoms with Crippen LogP contribution in [0.4, 0.5) is 0 Å². The first-order chi connectivity index (χ1) is 8.65. The van der Waals surface area contributed by atoms with Crippen molar-refractivity contribution in [2.75, 3.05) is 0 Å². The highest BCUT2D eigenvalue weighted by atomic mass is 35.5. The highest BCUT2D eigenvalue weighted by Gasteiger charge is 2.09. The molecule has 4 heteroatoms. The van der Waals surface area contributed by atoms with Gasteiger partial charge < -0.3 is 0 Å². The molecule has 1 aromatic carbocycles. The van der Waals surface area contributed by atoms with Gasteiger partial charge in [-0.1, -0.05) is 17.7 Å². The molecule has 3 nitrogen and oxygen atoms in total. The van der Waals surface area contributed by atoms with Gasteiger partial charge >= 0.3 is 0 Å². The molecule has 89 valence electrons. The van der Waals surface area contributed by atoms with Gasteiger partial charge in [-0.25, -0.2) is 9.97 Å². The minimum Gasteiger partial charge on any atom is -0.274 e. The van der Waals surface area contributed by atoms with Crippen LogP contribution in [-0.2, 0) is 0 Å². The topological polar surface area (TPSA) is 30.7 Å². The van der Waals surface area contributed by atoms with Crippen molar-refractivity contribution in [2.45, 2.75) is 13.8 Å². The fourth-order valence-electron chi connectivity index (χ4n) is 2.05. The van der Waals surface area contributed by atoms with Crippen LogP contribution in [0.5, 0.6) is 0 Å². The fraction of sp³-hybridized carbons (Fsp3) is 0.143. The summed E-state index contributed by atoms with van der Waals surface area (Å²) in [4.78, 5) is 8.83. The van der Waals surface area contributed by atoms with E-state index in [2.05, 4.69) is 16.3 Å². The molecule has 2 heterocycles. The fourth-order valence-corrected chi connectivity index (χ4v) is 2.23. The molecule has 18 heavy (non-hydrogen) atoms. The molecule has 1 radical (unpaired) electrons. The molecule has 0 fully saturated rings. The molecule has 0 aliphatic heterocycles. The van der Waals surface area contributed by atoms with E-state index in [0.717, 1.165) is 28.1 Å². The average Bonchev–Trinajstić information content (AvgIpc) is 2.72. The van der Waals surface area contributed by atoms with E-state index in [1.165, 1.54) is 0 Å². The number of imidazole rings is 1. The molecule has 0 saturated carbocycles. The van der Waals surface area contributed by atoms with E-state index in [-0.39, 0.29) is 0 Å². The second-order valence-electron chi connectivity index (χ2n) is 4.28. The highest BCUT2D eigenvalue weighted by Crippen LogP contribution is 2.21. The zero-order chi connectivity index (χ0) is 12.7. The first kappa shape index (κ1) is 11.2. The zero-order valence-electron chi connectivity index (χ0n) is 10.1. The van der Waals surface area contributed by atoms with E-state index in [0.29, 0.717) is 5.02 Å². The summed E-state index contributed by atoms with van der Waals surface area (Å²) in [6, 6.07) is 9.60. The Hall–Kier alpha value is -1.87. The predicted octanol–water partition coefficient (Wildman–Crippen LogP) is 3.49. The number of fused-ring (bicyclic) bond motifs is 1. The van der Waals surface area contributed by atoms with Crippen LogP contribution in [0.15, 0.2) is 30.3 Å². The Balaban J connectivity index is 2.30. The molecule has 3 aromatic rings. The summed E-state index contributed by atoms with van der Waals surface area (Å²) in [5.41, 5.74) is 4.68. The minimum atomic E-state index is 0.687. The van der Waals surface area contributed by atoms with Crippen molar-refractivity contribution >= 4 is 22.8 Å². The van der Waals surface area contributed by atoms with E-state index >= 15 is 0 Å². The van der Waals surface area contributed by atoms with Crippen molar-refractivity contribution in [1.29, 1.82) is 0 Å². The van der Waals surface area contributed by atoms with Crippen molar-refractivity contribution in [1.82, 2.24) is 14.5 Å². The van der Waals surface area contributed by atoms with Crippen LogP contribution in [0.25, 0.3) is 16.9 Å². The largest absolute Gasteiger partial charge is 0.274 e. The Morgan fingerprint density at radius 2 is 2.06 bits per heavy atom. The number of rotatable bonds is 1. The summed E-state index contributed by atoms with van der Waals surface area (Å²) in [6.07, 6.45) is 2.97. The maximum Gasteiger partial charge on any atom is 0.183 e. The Kier molecular flexibility index (Phi) is 2.56. The van der Waals surface area contributed by atoms with Gasteiger partial charge in [-0.3, -0.25) is 4.57 Å². The lowest BCUT2D eigenvalue weighted by atomic mass is 10.2. The van der Waals surface area contributed by atoms with Gasteiger partial charge in [0.1, 0.15) is 5.52 Å². The normalized spacial score (nSPS) is 11.1. The number of nitrogens with zero attached hydrogens (tertiary/aromatic N) is 3. The quantitative estimate of drug-likeness (QED) is 0.667. The monoisotopic (exact) mass is 256 g/mol. The molecule has 0 amide bonds. The summed E-state index contributed by atoms with van der Waals surface area (Å²) >= 11 is 6.01. The average molecular weight is 257 g/mol. The Bertz CT molecular complexity index is 731. The molecule has 0 unspecified atom stereocenters. The summed E-state index contributed by atoms with van der Waals surface area (Å²) in [6.45, 7) is 4.00. The van der Waals surface area contributed by atoms with Gasteiger partial charge in [0.05, 0.1) is 5.69 Å². The van der Waals surface area contributed by atoms with Crippen LogP contribution in [0, 0.1) is 20.2 Å². The van der Waals surface area contributed by atoms with Crippen LogP contribution in [0.3, 0.4) is 0 Å². The van der Waals surface area contributed by atoms with Gasteiger partial charge in [-0.15, -0.1) is 0 Å². The lowest BCUT2D eigenvalue weighted by molar-refractivity contribution is 1.04. The van der Waals surface area contributed by atoms with Crippen LogP contribution in [-0.4, -0.2) is 14.5 Å². The third-order valence-electron chi connectivity index (χ3n) is 2.83. The van der Waals surface area contributed by atoms with Crippen LogP contribution >= 0.6 is 11.6 Å². The van der Waals surface area contributed by atoms with Crippen molar-refractivity contribution in [3.05, 3.63) is 52.9 Å². The molecule has 0 N–H and O–H groups in total. The third kappa shape index (κ3) is 1.77. The number of hydrogen-bond acceptors (Lipinski definition) is 2. The third-order valence-corrected chi connectivity index (χ3v) is 3.07. The molecule has 0 atom stereocenters.